The summed E-state index contributed by atoms with van der Waals surface area (Å²) in [4.78, 5) is 28.1. The van der Waals surface area contributed by atoms with E-state index in [1.165, 1.54) is 5.56 Å². The summed E-state index contributed by atoms with van der Waals surface area (Å²) < 4.78 is 0. The van der Waals surface area contributed by atoms with E-state index in [2.05, 4.69) is 44.2 Å². The van der Waals surface area contributed by atoms with Crippen LogP contribution >= 0.6 is 0 Å². The topological polar surface area (TPSA) is 37.4 Å². The highest BCUT2D eigenvalue weighted by molar-refractivity contribution is 6.07. The molecule has 1 heterocycles. The summed E-state index contributed by atoms with van der Waals surface area (Å²) in [5.74, 6) is 0.183. The molecular formula is C25H27NO2. The van der Waals surface area contributed by atoms with E-state index in [0.29, 0.717) is 12.8 Å². The predicted octanol–water partition coefficient (Wildman–Crippen LogP) is 5.34. The van der Waals surface area contributed by atoms with Crippen LogP contribution in [0.3, 0.4) is 0 Å². The fraction of sp³-hybridized carbons (Fsp3) is 0.360. The number of para-hydroxylation sites is 1. The Morgan fingerprint density at radius 2 is 1.68 bits per heavy atom. The maximum atomic E-state index is 13.3. The summed E-state index contributed by atoms with van der Waals surface area (Å²) in [6, 6.07) is 16.5. The van der Waals surface area contributed by atoms with Gasteiger partial charge in [0.15, 0.2) is 5.78 Å². The lowest BCUT2D eigenvalue weighted by Crippen LogP contribution is -2.41. The van der Waals surface area contributed by atoms with Crippen molar-refractivity contribution in [1.29, 1.82) is 0 Å². The number of carbonyl (C=O) groups excluding carboxylic acids is 2. The van der Waals surface area contributed by atoms with Crippen molar-refractivity contribution in [3.63, 3.8) is 0 Å². The normalized spacial score (nSPS) is 19.8. The largest absolute Gasteiger partial charge is 0.294 e. The van der Waals surface area contributed by atoms with Crippen molar-refractivity contribution in [1.82, 2.24) is 0 Å². The van der Waals surface area contributed by atoms with Crippen molar-refractivity contribution < 1.29 is 9.59 Å². The Balaban J connectivity index is 1.84. The van der Waals surface area contributed by atoms with Gasteiger partial charge in [-0.3, -0.25) is 14.5 Å². The minimum Gasteiger partial charge on any atom is -0.294 e. The van der Waals surface area contributed by atoms with E-state index >= 15 is 0 Å². The number of anilines is 1. The molecule has 0 N–H and O–H groups in total. The van der Waals surface area contributed by atoms with Gasteiger partial charge in [-0.25, -0.2) is 0 Å². The standard InChI is InChI=1S/C25H27NO2/c1-3-17-12-14-19(15-13-17)20-16-24(28)26(21-9-6-5-8-18(21)4-2)22-10-7-11-23(27)25(20)22/h5-6,8-9,12-15,20H,3-4,7,10-11,16H2,1-2H3. The molecule has 0 bridgehead atoms. The lowest BCUT2D eigenvalue weighted by Gasteiger charge is -2.39. The third kappa shape index (κ3) is 3.19. The van der Waals surface area contributed by atoms with Crippen molar-refractivity contribution in [2.45, 2.75) is 58.3 Å². The molecule has 1 atom stereocenters. The molecule has 3 heteroatoms. The number of benzene rings is 2. The first kappa shape index (κ1) is 18.7. The summed E-state index contributed by atoms with van der Waals surface area (Å²) in [5.41, 5.74) is 6.23. The van der Waals surface area contributed by atoms with E-state index in [1.807, 2.05) is 23.1 Å². The number of carbonyl (C=O) groups is 2. The fourth-order valence-corrected chi connectivity index (χ4v) is 4.57. The first-order valence-electron chi connectivity index (χ1n) is 10.4. The second-order valence-electron chi connectivity index (χ2n) is 7.70. The number of ketones is 1. The van der Waals surface area contributed by atoms with Crippen molar-refractivity contribution in [3.8, 4) is 0 Å². The van der Waals surface area contributed by atoms with E-state index < -0.39 is 0 Å². The zero-order valence-corrected chi connectivity index (χ0v) is 16.7. The smallest absolute Gasteiger partial charge is 0.232 e. The Morgan fingerprint density at radius 3 is 2.39 bits per heavy atom. The molecule has 2 aromatic carbocycles. The molecule has 2 aromatic rings. The maximum absolute atomic E-state index is 13.3. The second-order valence-corrected chi connectivity index (χ2v) is 7.70. The fourth-order valence-electron chi connectivity index (χ4n) is 4.57. The molecule has 0 saturated carbocycles. The summed E-state index contributed by atoms with van der Waals surface area (Å²) in [6.45, 7) is 4.24. The van der Waals surface area contributed by atoms with E-state index in [4.69, 9.17) is 0 Å². The molecule has 0 spiro atoms. The monoisotopic (exact) mass is 373 g/mol. The Kier molecular flexibility index (Phi) is 5.17. The SMILES string of the molecule is CCc1ccc(C2CC(=O)N(c3ccccc3CC)C3=C2C(=O)CCC3)cc1. The van der Waals surface area contributed by atoms with E-state index in [9.17, 15) is 9.59 Å². The predicted molar refractivity (Wildman–Crippen MR) is 112 cm³/mol. The number of rotatable bonds is 4. The molecule has 1 aliphatic carbocycles. The Morgan fingerprint density at radius 1 is 0.929 bits per heavy atom. The van der Waals surface area contributed by atoms with Gasteiger partial charge in [-0.2, -0.15) is 0 Å². The average molecular weight is 373 g/mol. The Bertz CT molecular complexity index is 939. The number of aryl methyl sites for hydroxylation is 2. The van der Waals surface area contributed by atoms with Crippen molar-refractivity contribution in [3.05, 3.63) is 76.5 Å². The molecule has 144 valence electrons. The Labute approximate surface area is 167 Å². The van der Waals surface area contributed by atoms with Crippen LogP contribution in [0.25, 0.3) is 0 Å². The molecule has 2 aliphatic rings. The van der Waals surface area contributed by atoms with Gasteiger partial charge in [0, 0.05) is 30.0 Å². The van der Waals surface area contributed by atoms with E-state index in [0.717, 1.165) is 53.8 Å². The van der Waals surface area contributed by atoms with Crippen LogP contribution in [0, 0.1) is 0 Å². The summed E-state index contributed by atoms with van der Waals surface area (Å²) in [5, 5.41) is 0. The highest BCUT2D eigenvalue weighted by Gasteiger charge is 2.40. The second kappa shape index (κ2) is 7.75. The number of nitrogens with zero attached hydrogens (tertiary/aromatic N) is 1. The van der Waals surface area contributed by atoms with Crippen molar-refractivity contribution in [2.75, 3.05) is 4.90 Å². The van der Waals surface area contributed by atoms with Gasteiger partial charge in [-0.15, -0.1) is 0 Å². The summed E-state index contributed by atoms with van der Waals surface area (Å²) >= 11 is 0. The highest BCUT2D eigenvalue weighted by Crippen LogP contribution is 2.44. The van der Waals surface area contributed by atoms with Crippen molar-refractivity contribution in [2.24, 2.45) is 0 Å². The van der Waals surface area contributed by atoms with Gasteiger partial charge >= 0.3 is 0 Å². The lowest BCUT2D eigenvalue weighted by atomic mass is 9.77. The van der Waals surface area contributed by atoms with Crippen LogP contribution in [0.2, 0.25) is 0 Å². The minimum absolute atomic E-state index is 0.0962. The Hall–Kier alpha value is -2.68. The third-order valence-electron chi connectivity index (χ3n) is 6.08. The quantitative estimate of drug-likeness (QED) is 0.725. The van der Waals surface area contributed by atoms with Crippen LogP contribution in [0.4, 0.5) is 5.69 Å². The summed E-state index contributed by atoms with van der Waals surface area (Å²) in [7, 11) is 0. The van der Waals surface area contributed by atoms with Gasteiger partial charge in [0.2, 0.25) is 5.91 Å². The van der Waals surface area contributed by atoms with Crippen LogP contribution in [-0.4, -0.2) is 11.7 Å². The molecule has 1 amide bonds. The molecule has 28 heavy (non-hydrogen) atoms. The maximum Gasteiger partial charge on any atom is 0.232 e. The average Bonchev–Trinajstić information content (AvgIpc) is 2.73. The first-order valence-corrected chi connectivity index (χ1v) is 10.4. The molecule has 0 saturated heterocycles. The first-order chi connectivity index (χ1) is 13.6. The van der Waals surface area contributed by atoms with Crippen LogP contribution in [-0.2, 0) is 22.4 Å². The highest BCUT2D eigenvalue weighted by atomic mass is 16.2. The van der Waals surface area contributed by atoms with Crippen LogP contribution in [0.15, 0.2) is 59.8 Å². The molecule has 3 nitrogen and oxygen atoms in total. The van der Waals surface area contributed by atoms with Gasteiger partial charge < -0.3 is 0 Å². The molecule has 1 unspecified atom stereocenters. The number of hydrogen-bond acceptors (Lipinski definition) is 2. The molecule has 0 aromatic heterocycles. The van der Waals surface area contributed by atoms with Gasteiger partial charge in [0.1, 0.15) is 0 Å². The molecular weight excluding hydrogens is 346 g/mol. The van der Waals surface area contributed by atoms with E-state index in [-0.39, 0.29) is 17.6 Å². The van der Waals surface area contributed by atoms with Crippen LogP contribution in [0.1, 0.15) is 62.1 Å². The molecule has 0 radical (unpaired) electrons. The van der Waals surface area contributed by atoms with Crippen LogP contribution in [0.5, 0.6) is 0 Å². The molecule has 1 aliphatic heterocycles. The summed E-state index contributed by atoms with van der Waals surface area (Å²) in [6.07, 6.45) is 4.39. The van der Waals surface area contributed by atoms with Gasteiger partial charge in [-0.05, 0) is 48.4 Å². The number of amides is 1. The van der Waals surface area contributed by atoms with Crippen LogP contribution < -0.4 is 4.90 Å². The number of allylic oxidation sites excluding steroid dienone is 2. The number of hydrogen-bond donors (Lipinski definition) is 0. The van der Waals surface area contributed by atoms with Gasteiger partial charge in [0.05, 0.1) is 5.69 Å². The number of Topliss-reactive ketones (excluding diaryl/α,β-unsaturated/α-hetero) is 1. The van der Waals surface area contributed by atoms with E-state index in [1.54, 1.807) is 0 Å². The third-order valence-corrected chi connectivity index (χ3v) is 6.08. The van der Waals surface area contributed by atoms with Gasteiger partial charge in [-0.1, -0.05) is 56.3 Å². The minimum atomic E-state index is -0.119. The van der Waals surface area contributed by atoms with Crippen molar-refractivity contribution >= 4 is 17.4 Å². The zero-order valence-electron chi connectivity index (χ0n) is 16.7. The van der Waals surface area contributed by atoms with Gasteiger partial charge in [0.25, 0.3) is 0 Å². The zero-order chi connectivity index (χ0) is 19.7. The molecule has 4 rings (SSSR count). The molecule has 0 fully saturated rings. The lowest BCUT2D eigenvalue weighted by molar-refractivity contribution is -0.119.